The van der Waals surface area contributed by atoms with Gasteiger partial charge < -0.3 is 24.8 Å². The molecule has 3 rings (SSSR count). The summed E-state index contributed by atoms with van der Waals surface area (Å²) in [5, 5.41) is 5.95. The fraction of sp³-hybridized carbons (Fsp3) is 0.381. The van der Waals surface area contributed by atoms with Crippen molar-refractivity contribution in [3.63, 3.8) is 0 Å². The molecule has 144 valence electrons. The summed E-state index contributed by atoms with van der Waals surface area (Å²) >= 11 is 0. The highest BCUT2D eigenvalue weighted by molar-refractivity contribution is 5.93. The maximum Gasteiger partial charge on any atom is 0.243 e. The first-order valence-electron chi connectivity index (χ1n) is 9.34. The van der Waals surface area contributed by atoms with E-state index in [0.29, 0.717) is 13.2 Å². The van der Waals surface area contributed by atoms with Crippen LogP contribution in [0.4, 0.5) is 11.4 Å². The van der Waals surface area contributed by atoms with Crippen LogP contribution in [0.3, 0.4) is 0 Å². The molecule has 27 heavy (non-hydrogen) atoms. The van der Waals surface area contributed by atoms with E-state index in [1.54, 1.807) is 0 Å². The van der Waals surface area contributed by atoms with Crippen molar-refractivity contribution in [1.29, 1.82) is 0 Å². The third kappa shape index (κ3) is 6.18. The highest BCUT2D eigenvalue weighted by Gasteiger charge is 2.15. The van der Waals surface area contributed by atoms with Crippen LogP contribution in [0.1, 0.15) is 19.8 Å². The Hall–Kier alpha value is -2.73. The molecule has 1 unspecified atom stereocenters. The van der Waals surface area contributed by atoms with Crippen molar-refractivity contribution in [2.75, 3.05) is 37.0 Å². The minimum Gasteiger partial charge on any atom is -0.494 e. The van der Waals surface area contributed by atoms with Gasteiger partial charge in [0, 0.05) is 18.0 Å². The minimum atomic E-state index is -0.114. The standard InChI is InChI=1S/C21H26N2O4/c1-2-25-18-9-5-16(6-10-18)22-14-21(24)23-17-7-11-19(12-8-17)27-15-20-4-3-13-26-20/h5-12,20,22H,2-4,13-15H2,1H3,(H,23,24). The van der Waals surface area contributed by atoms with E-state index < -0.39 is 0 Å². The topological polar surface area (TPSA) is 68.8 Å². The van der Waals surface area contributed by atoms with Gasteiger partial charge in [0.15, 0.2) is 0 Å². The quantitative estimate of drug-likeness (QED) is 0.704. The smallest absolute Gasteiger partial charge is 0.243 e. The lowest BCUT2D eigenvalue weighted by atomic mass is 10.2. The van der Waals surface area contributed by atoms with Crippen molar-refractivity contribution >= 4 is 17.3 Å². The molecule has 6 heteroatoms. The van der Waals surface area contributed by atoms with Gasteiger partial charge in [0.2, 0.25) is 5.91 Å². The zero-order chi connectivity index (χ0) is 18.9. The summed E-state index contributed by atoms with van der Waals surface area (Å²) in [5.41, 5.74) is 1.60. The lowest BCUT2D eigenvalue weighted by molar-refractivity contribution is -0.114. The van der Waals surface area contributed by atoms with Gasteiger partial charge in [-0.15, -0.1) is 0 Å². The van der Waals surface area contributed by atoms with Crippen LogP contribution in [-0.2, 0) is 9.53 Å². The number of carbonyl (C=O) groups excluding carboxylic acids is 1. The number of hydrogen-bond donors (Lipinski definition) is 2. The first-order valence-corrected chi connectivity index (χ1v) is 9.34. The molecule has 1 aliphatic rings. The molecule has 1 aliphatic heterocycles. The molecule has 0 aromatic heterocycles. The summed E-state index contributed by atoms with van der Waals surface area (Å²) in [7, 11) is 0. The first kappa shape index (κ1) is 19.0. The molecule has 0 radical (unpaired) electrons. The van der Waals surface area contributed by atoms with Crippen LogP contribution in [0.2, 0.25) is 0 Å². The Labute approximate surface area is 159 Å². The molecule has 0 saturated carbocycles. The molecule has 2 aromatic carbocycles. The number of anilines is 2. The Kier molecular flexibility index (Phi) is 6.93. The highest BCUT2D eigenvalue weighted by Crippen LogP contribution is 2.19. The van der Waals surface area contributed by atoms with E-state index in [4.69, 9.17) is 14.2 Å². The van der Waals surface area contributed by atoms with Gasteiger partial charge in [-0.25, -0.2) is 0 Å². The van der Waals surface area contributed by atoms with Crippen molar-refractivity contribution in [3.8, 4) is 11.5 Å². The van der Waals surface area contributed by atoms with Crippen LogP contribution in [0.25, 0.3) is 0 Å². The number of benzene rings is 2. The van der Waals surface area contributed by atoms with Gasteiger partial charge in [0.05, 0.1) is 19.3 Å². The van der Waals surface area contributed by atoms with Crippen LogP contribution in [0, 0.1) is 0 Å². The second kappa shape index (κ2) is 9.83. The Balaban J connectivity index is 1.40. The average molecular weight is 370 g/mol. The highest BCUT2D eigenvalue weighted by atomic mass is 16.5. The molecule has 1 saturated heterocycles. The van der Waals surface area contributed by atoms with Crippen molar-refractivity contribution in [1.82, 2.24) is 0 Å². The second-order valence-electron chi connectivity index (χ2n) is 6.33. The van der Waals surface area contributed by atoms with Gasteiger partial charge in [-0.2, -0.15) is 0 Å². The van der Waals surface area contributed by atoms with Crippen molar-refractivity contribution in [2.45, 2.75) is 25.9 Å². The van der Waals surface area contributed by atoms with Crippen molar-refractivity contribution in [3.05, 3.63) is 48.5 Å². The summed E-state index contributed by atoms with van der Waals surface area (Å²) in [6.45, 7) is 4.15. The lowest BCUT2D eigenvalue weighted by Gasteiger charge is -2.12. The number of rotatable bonds is 9. The predicted octanol–water partition coefficient (Wildman–Crippen LogP) is 3.69. The Morgan fingerprint density at radius 1 is 1.04 bits per heavy atom. The number of hydrogen-bond acceptors (Lipinski definition) is 5. The molecule has 1 heterocycles. The van der Waals surface area contributed by atoms with Gasteiger partial charge >= 0.3 is 0 Å². The van der Waals surface area contributed by atoms with Crippen LogP contribution in [0.5, 0.6) is 11.5 Å². The third-order valence-corrected chi connectivity index (χ3v) is 4.22. The minimum absolute atomic E-state index is 0.114. The van der Waals surface area contributed by atoms with Gasteiger partial charge in [-0.3, -0.25) is 4.79 Å². The summed E-state index contributed by atoms with van der Waals surface area (Å²) < 4.78 is 16.7. The molecule has 6 nitrogen and oxygen atoms in total. The fourth-order valence-electron chi connectivity index (χ4n) is 2.82. The third-order valence-electron chi connectivity index (χ3n) is 4.22. The monoisotopic (exact) mass is 370 g/mol. The first-order chi connectivity index (χ1) is 13.2. The molecule has 0 spiro atoms. The Bertz CT molecular complexity index is 710. The molecule has 0 aliphatic carbocycles. The van der Waals surface area contributed by atoms with Crippen molar-refractivity contribution in [2.24, 2.45) is 0 Å². The van der Waals surface area contributed by atoms with Crippen LogP contribution in [-0.4, -0.2) is 38.4 Å². The van der Waals surface area contributed by atoms with Gasteiger partial charge in [0.25, 0.3) is 0 Å². The summed E-state index contributed by atoms with van der Waals surface area (Å²) in [5.74, 6) is 1.47. The zero-order valence-electron chi connectivity index (χ0n) is 15.6. The SMILES string of the molecule is CCOc1ccc(NCC(=O)Nc2ccc(OCC3CCCO3)cc2)cc1. The lowest BCUT2D eigenvalue weighted by Crippen LogP contribution is -2.21. The van der Waals surface area contributed by atoms with E-state index >= 15 is 0 Å². The summed E-state index contributed by atoms with van der Waals surface area (Å²) in [6, 6.07) is 14.9. The molecule has 0 bridgehead atoms. The van der Waals surface area contributed by atoms with E-state index in [1.807, 2.05) is 55.5 Å². The van der Waals surface area contributed by atoms with Crippen LogP contribution in [0.15, 0.2) is 48.5 Å². The molecule has 1 atom stereocenters. The second-order valence-corrected chi connectivity index (χ2v) is 6.33. The number of amides is 1. The Morgan fingerprint density at radius 2 is 1.70 bits per heavy atom. The van der Waals surface area contributed by atoms with E-state index in [-0.39, 0.29) is 18.6 Å². The summed E-state index contributed by atoms with van der Waals surface area (Å²) in [4.78, 5) is 12.1. The maximum atomic E-state index is 12.1. The van der Waals surface area contributed by atoms with Gasteiger partial charge in [-0.1, -0.05) is 0 Å². The fourth-order valence-corrected chi connectivity index (χ4v) is 2.82. The van der Waals surface area contributed by atoms with E-state index in [2.05, 4.69) is 10.6 Å². The predicted molar refractivity (Wildman–Crippen MR) is 106 cm³/mol. The molecular weight excluding hydrogens is 344 g/mol. The number of ether oxygens (including phenoxy) is 3. The van der Waals surface area contributed by atoms with E-state index in [0.717, 1.165) is 42.3 Å². The van der Waals surface area contributed by atoms with Gasteiger partial charge in [-0.05, 0) is 68.3 Å². The van der Waals surface area contributed by atoms with Crippen LogP contribution < -0.4 is 20.1 Å². The normalized spacial score (nSPS) is 16.0. The summed E-state index contributed by atoms with van der Waals surface area (Å²) in [6.07, 6.45) is 2.34. The van der Waals surface area contributed by atoms with Crippen molar-refractivity contribution < 1.29 is 19.0 Å². The van der Waals surface area contributed by atoms with Gasteiger partial charge in [0.1, 0.15) is 18.1 Å². The molecular formula is C21H26N2O4. The molecule has 1 amide bonds. The van der Waals surface area contributed by atoms with Crippen LogP contribution >= 0.6 is 0 Å². The zero-order valence-corrected chi connectivity index (χ0v) is 15.6. The number of nitrogens with one attached hydrogen (secondary N) is 2. The van der Waals surface area contributed by atoms with E-state index in [1.165, 1.54) is 0 Å². The van der Waals surface area contributed by atoms with E-state index in [9.17, 15) is 4.79 Å². The molecule has 2 aromatic rings. The number of carbonyl (C=O) groups is 1. The maximum absolute atomic E-state index is 12.1. The average Bonchev–Trinajstić information content (AvgIpc) is 3.21. The largest absolute Gasteiger partial charge is 0.494 e. The molecule has 1 fully saturated rings. The Morgan fingerprint density at radius 3 is 2.33 bits per heavy atom. The molecule has 2 N–H and O–H groups in total.